The monoisotopic (exact) mass is 290 g/mol. The molecule has 0 unspecified atom stereocenters. The molecule has 4 aliphatic carbocycles. The third-order valence-corrected chi connectivity index (χ3v) is 7.98. The molecule has 1 saturated heterocycles. The van der Waals surface area contributed by atoms with Crippen LogP contribution in [0, 0.1) is 40.4 Å². The first kappa shape index (κ1) is 13.4. The Morgan fingerprint density at radius 2 is 1.43 bits per heavy atom. The van der Waals surface area contributed by atoms with Gasteiger partial charge >= 0.3 is 0 Å². The Kier molecular flexibility index (Phi) is 2.46. The van der Waals surface area contributed by atoms with Crippen molar-refractivity contribution in [3.8, 4) is 0 Å². The standard InChI is InChI=1S/C19H30O2/c1-12-13-4-6-18(8-9-18)15(13)16-14(12)5-7-19(16)20-10-17(2,3)11-21-19/h12-16H,4-11H2,1-3H3/t12-,13-,14-,15-,16-/m1/s1. The van der Waals surface area contributed by atoms with Crippen molar-refractivity contribution in [2.75, 3.05) is 13.2 Å². The summed E-state index contributed by atoms with van der Waals surface area (Å²) < 4.78 is 13.0. The lowest BCUT2D eigenvalue weighted by atomic mass is 9.77. The van der Waals surface area contributed by atoms with Gasteiger partial charge in [0.15, 0.2) is 5.79 Å². The van der Waals surface area contributed by atoms with Crippen LogP contribution >= 0.6 is 0 Å². The smallest absolute Gasteiger partial charge is 0.171 e. The van der Waals surface area contributed by atoms with Crippen LogP contribution in [0.1, 0.15) is 59.3 Å². The third kappa shape index (κ3) is 1.62. The van der Waals surface area contributed by atoms with Crippen LogP contribution < -0.4 is 0 Å². The van der Waals surface area contributed by atoms with Gasteiger partial charge in [-0.25, -0.2) is 0 Å². The molecule has 1 aliphatic heterocycles. The van der Waals surface area contributed by atoms with Crippen LogP contribution in [0.25, 0.3) is 0 Å². The molecule has 0 radical (unpaired) electrons. The summed E-state index contributed by atoms with van der Waals surface area (Å²) in [6, 6.07) is 0. The highest BCUT2D eigenvalue weighted by atomic mass is 16.7. The molecule has 2 nitrogen and oxygen atoms in total. The lowest BCUT2D eigenvalue weighted by Crippen LogP contribution is -2.52. The maximum atomic E-state index is 6.51. The second-order valence-corrected chi connectivity index (χ2v) is 9.73. The zero-order valence-corrected chi connectivity index (χ0v) is 13.9. The third-order valence-electron chi connectivity index (χ3n) is 7.98. The molecule has 5 fully saturated rings. The summed E-state index contributed by atoms with van der Waals surface area (Å²) in [5, 5.41) is 0. The van der Waals surface area contributed by atoms with Crippen molar-refractivity contribution in [2.45, 2.75) is 65.1 Å². The maximum Gasteiger partial charge on any atom is 0.171 e. The van der Waals surface area contributed by atoms with Crippen LogP contribution in [0.5, 0.6) is 0 Å². The maximum absolute atomic E-state index is 6.51. The SMILES string of the molecule is C[C@@H]1[C@H]2CCC3(CC3)[C@H]2[C@H]2[C@@H]1CCC21OCC(C)(C)CO1. The average Bonchev–Trinajstić information content (AvgIpc) is 2.88. The van der Waals surface area contributed by atoms with Crippen LogP contribution in [0.2, 0.25) is 0 Å². The van der Waals surface area contributed by atoms with E-state index in [1.807, 2.05) is 0 Å². The van der Waals surface area contributed by atoms with E-state index < -0.39 is 0 Å². The van der Waals surface area contributed by atoms with E-state index in [0.29, 0.717) is 5.92 Å². The van der Waals surface area contributed by atoms with Crippen LogP contribution in [-0.2, 0) is 9.47 Å². The molecule has 0 aromatic rings. The minimum absolute atomic E-state index is 0.194. The van der Waals surface area contributed by atoms with Gasteiger partial charge in [-0.3, -0.25) is 0 Å². The van der Waals surface area contributed by atoms with Gasteiger partial charge in [0, 0.05) is 17.8 Å². The molecule has 0 aromatic heterocycles. The number of hydrogen-bond acceptors (Lipinski definition) is 2. The van der Waals surface area contributed by atoms with E-state index in [0.717, 1.165) is 48.7 Å². The van der Waals surface area contributed by atoms with Crippen LogP contribution in [0.15, 0.2) is 0 Å². The molecule has 1 heterocycles. The predicted octanol–water partition coefficient (Wildman–Crippen LogP) is 4.24. The van der Waals surface area contributed by atoms with E-state index in [9.17, 15) is 0 Å². The zero-order chi connectivity index (χ0) is 14.5. The molecular weight excluding hydrogens is 260 g/mol. The predicted molar refractivity (Wildman–Crippen MR) is 81.7 cm³/mol. The fraction of sp³-hybridized carbons (Fsp3) is 1.00. The van der Waals surface area contributed by atoms with Gasteiger partial charge < -0.3 is 9.47 Å². The number of ether oxygens (including phenoxy) is 2. The zero-order valence-electron chi connectivity index (χ0n) is 13.9. The Morgan fingerprint density at radius 1 is 0.810 bits per heavy atom. The van der Waals surface area contributed by atoms with Crippen molar-refractivity contribution >= 4 is 0 Å². The minimum atomic E-state index is -0.201. The van der Waals surface area contributed by atoms with Gasteiger partial charge in [0.05, 0.1) is 13.2 Å². The Balaban J connectivity index is 1.50. The molecule has 5 atom stereocenters. The van der Waals surface area contributed by atoms with Crippen molar-refractivity contribution in [3.63, 3.8) is 0 Å². The number of hydrogen-bond donors (Lipinski definition) is 0. The highest BCUT2D eigenvalue weighted by Crippen LogP contribution is 2.75. The first-order chi connectivity index (χ1) is 9.97. The fourth-order valence-electron chi connectivity index (χ4n) is 6.78. The van der Waals surface area contributed by atoms with E-state index in [4.69, 9.17) is 9.47 Å². The Bertz CT molecular complexity index is 454. The van der Waals surface area contributed by atoms with Gasteiger partial charge in [-0.05, 0) is 61.2 Å². The highest BCUT2D eigenvalue weighted by Gasteiger charge is 2.71. The highest BCUT2D eigenvalue weighted by molar-refractivity contribution is 5.17. The topological polar surface area (TPSA) is 18.5 Å². The largest absolute Gasteiger partial charge is 0.349 e. The Morgan fingerprint density at radius 3 is 2.10 bits per heavy atom. The van der Waals surface area contributed by atoms with Crippen LogP contribution in [0.4, 0.5) is 0 Å². The van der Waals surface area contributed by atoms with Gasteiger partial charge in [-0.15, -0.1) is 0 Å². The van der Waals surface area contributed by atoms with E-state index >= 15 is 0 Å². The van der Waals surface area contributed by atoms with Crippen molar-refractivity contribution in [1.29, 1.82) is 0 Å². The molecule has 5 aliphatic rings. The lowest BCUT2D eigenvalue weighted by molar-refractivity contribution is -0.322. The van der Waals surface area contributed by atoms with Gasteiger partial charge in [-0.1, -0.05) is 20.8 Å². The normalized spacial score (nSPS) is 51.3. The minimum Gasteiger partial charge on any atom is -0.349 e. The van der Waals surface area contributed by atoms with E-state index in [1.54, 1.807) is 0 Å². The average molecular weight is 290 g/mol. The van der Waals surface area contributed by atoms with Gasteiger partial charge in [0.2, 0.25) is 0 Å². The molecule has 2 spiro atoms. The molecular formula is C19H30O2. The van der Waals surface area contributed by atoms with E-state index in [1.165, 1.54) is 32.1 Å². The Labute approximate surface area is 129 Å². The van der Waals surface area contributed by atoms with Gasteiger partial charge in [0.1, 0.15) is 0 Å². The van der Waals surface area contributed by atoms with E-state index in [-0.39, 0.29) is 11.2 Å². The lowest BCUT2D eigenvalue weighted by Gasteiger charge is -2.47. The first-order valence-electron chi connectivity index (χ1n) is 9.24. The van der Waals surface area contributed by atoms with Crippen LogP contribution in [0.3, 0.4) is 0 Å². The summed E-state index contributed by atoms with van der Waals surface area (Å²) in [7, 11) is 0. The summed E-state index contributed by atoms with van der Waals surface area (Å²) >= 11 is 0. The summed E-state index contributed by atoms with van der Waals surface area (Å²) in [6.45, 7) is 8.84. The molecule has 5 rings (SSSR count). The summed E-state index contributed by atoms with van der Waals surface area (Å²) in [6.07, 6.45) is 8.46. The summed E-state index contributed by atoms with van der Waals surface area (Å²) in [5.74, 6) is 4.18. The number of fused-ring (bicyclic) bond motifs is 5. The van der Waals surface area contributed by atoms with Gasteiger partial charge in [0.25, 0.3) is 0 Å². The molecule has 0 amide bonds. The van der Waals surface area contributed by atoms with Crippen molar-refractivity contribution in [1.82, 2.24) is 0 Å². The second-order valence-electron chi connectivity index (χ2n) is 9.73. The van der Waals surface area contributed by atoms with Crippen molar-refractivity contribution < 1.29 is 9.47 Å². The molecule has 0 N–H and O–H groups in total. The quantitative estimate of drug-likeness (QED) is 0.664. The van der Waals surface area contributed by atoms with Crippen LogP contribution in [-0.4, -0.2) is 19.0 Å². The fourth-order valence-corrected chi connectivity index (χ4v) is 6.78. The van der Waals surface area contributed by atoms with E-state index in [2.05, 4.69) is 20.8 Å². The molecule has 118 valence electrons. The second kappa shape index (κ2) is 3.87. The first-order valence-corrected chi connectivity index (χ1v) is 9.24. The summed E-state index contributed by atoms with van der Waals surface area (Å²) in [5.41, 5.74) is 0.912. The van der Waals surface area contributed by atoms with Crippen molar-refractivity contribution in [2.24, 2.45) is 40.4 Å². The van der Waals surface area contributed by atoms with Gasteiger partial charge in [-0.2, -0.15) is 0 Å². The molecule has 4 saturated carbocycles. The summed E-state index contributed by atoms with van der Waals surface area (Å²) in [4.78, 5) is 0. The molecule has 2 heteroatoms. The van der Waals surface area contributed by atoms with Crippen molar-refractivity contribution in [3.05, 3.63) is 0 Å². The Hall–Kier alpha value is -0.0800. The molecule has 21 heavy (non-hydrogen) atoms. The molecule has 0 aromatic carbocycles. The number of rotatable bonds is 0. The molecule has 0 bridgehead atoms.